The monoisotopic (exact) mass is 281 g/mol. The van der Waals surface area contributed by atoms with Gasteiger partial charge >= 0.3 is 108 Å². The molecule has 0 radical (unpaired) electrons. The Labute approximate surface area is 108 Å². The Morgan fingerprint density at radius 2 is 1.44 bits per heavy atom. The zero-order valence-electron chi connectivity index (χ0n) is 11.5. The van der Waals surface area contributed by atoms with Crippen LogP contribution in [0.3, 0.4) is 0 Å². The summed E-state index contributed by atoms with van der Waals surface area (Å²) in [6, 6.07) is 0. The summed E-state index contributed by atoms with van der Waals surface area (Å²) in [5, 5.41) is 0. The Bertz CT molecular complexity index is 147. The van der Waals surface area contributed by atoms with E-state index in [0.717, 1.165) is 0 Å². The third kappa shape index (κ3) is 6.36. The first-order chi connectivity index (χ1) is 7.86. The van der Waals surface area contributed by atoms with E-state index >= 15 is 0 Å². The Morgan fingerprint density at radius 1 is 0.875 bits per heavy atom. The van der Waals surface area contributed by atoms with Crippen LogP contribution in [-0.2, 0) is 0 Å². The molecule has 16 heavy (non-hydrogen) atoms. The fourth-order valence-corrected chi connectivity index (χ4v) is 9.75. The van der Waals surface area contributed by atoms with Gasteiger partial charge in [-0.2, -0.15) is 0 Å². The zero-order valence-corrected chi connectivity index (χ0v) is 13.9. The van der Waals surface area contributed by atoms with Crippen LogP contribution in [0.4, 0.5) is 0 Å². The molecule has 1 fully saturated rings. The van der Waals surface area contributed by atoms with Crippen LogP contribution in [0.5, 0.6) is 0 Å². The van der Waals surface area contributed by atoms with E-state index in [0.29, 0.717) is 0 Å². The van der Waals surface area contributed by atoms with Crippen molar-refractivity contribution < 1.29 is 0 Å². The molecule has 0 unspecified atom stereocenters. The number of hydrogen-bond donors (Lipinski definition) is 0. The van der Waals surface area contributed by atoms with Crippen molar-refractivity contribution >= 4 is 16.2 Å². The molecule has 1 aliphatic heterocycles. The third-order valence-electron chi connectivity index (χ3n) is 3.98. The summed E-state index contributed by atoms with van der Waals surface area (Å²) in [4.78, 5) is 7.81. The first-order valence-electron chi connectivity index (χ1n) is 7.59. The van der Waals surface area contributed by atoms with Gasteiger partial charge in [-0.1, -0.05) is 0 Å². The van der Waals surface area contributed by atoms with Crippen molar-refractivity contribution in [3.05, 3.63) is 0 Å². The molecular weight excluding hydrogens is 252 g/mol. The maximum absolute atomic E-state index is 2.76. The molecule has 1 aliphatic rings. The second-order valence-corrected chi connectivity index (χ2v) is 12.8. The maximum atomic E-state index is 2.76. The first kappa shape index (κ1) is 14.7. The molecule has 0 bridgehead atoms. The van der Waals surface area contributed by atoms with Crippen molar-refractivity contribution in [2.75, 3.05) is 19.6 Å². The van der Waals surface area contributed by atoms with Crippen LogP contribution in [0.25, 0.3) is 0 Å². The fraction of sp³-hybridized carbons (Fsp3) is 1.00. The van der Waals surface area contributed by atoms with Crippen LogP contribution in [-0.4, -0.2) is 40.8 Å². The SMILES string of the molecule is CCCCN(CCCC)C[CH2][Ga]1[CH2]CC[CH2]1. The molecule has 2 heteroatoms. The van der Waals surface area contributed by atoms with E-state index in [1.165, 1.54) is 45.3 Å². The van der Waals surface area contributed by atoms with Crippen molar-refractivity contribution in [1.29, 1.82) is 0 Å². The molecule has 0 N–H and O–H groups in total. The van der Waals surface area contributed by atoms with E-state index in [4.69, 9.17) is 0 Å². The Kier molecular flexibility index (Phi) is 8.80. The summed E-state index contributed by atoms with van der Waals surface area (Å²) in [6.45, 7) is 8.81. The van der Waals surface area contributed by atoms with Crippen molar-refractivity contribution in [3.8, 4) is 0 Å². The quantitative estimate of drug-likeness (QED) is 0.573. The van der Waals surface area contributed by atoms with Crippen LogP contribution in [0.15, 0.2) is 0 Å². The van der Waals surface area contributed by atoms with Crippen LogP contribution >= 0.6 is 0 Å². The molecule has 0 atom stereocenters. The van der Waals surface area contributed by atoms with Crippen LogP contribution in [0, 0.1) is 0 Å². The second-order valence-electron chi connectivity index (χ2n) is 5.49. The van der Waals surface area contributed by atoms with E-state index in [2.05, 4.69) is 18.7 Å². The van der Waals surface area contributed by atoms with Gasteiger partial charge in [-0.3, -0.25) is 0 Å². The fourth-order valence-electron chi connectivity index (χ4n) is 2.76. The van der Waals surface area contributed by atoms with E-state index in [9.17, 15) is 0 Å². The average molecular weight is 282 g/mol. The predicted molar refractivity (Wildman–Crippen MR) is 75.7 cm³/mol. The van der Waals surface area contributed by atoms with Gasteiger partial charge in [0.2, 0.25) is 0 Å². The molecule has 1 saturated heterocycles. The van der Waals surface area contributed by atoms with Crippen molar-refractivity contribution in [1.82, 2.24) is 4.90 Å². The van der Waals surface area contributed by atoms with E-state index in [-0.39, 0.29) is 0 Å². The molecule has 0 amide bonds. The van der Waals surface area contributed by atoms with Crippen LogP contribution in [0.1, 0.15) is 52.4 Å². The van der Waals surface area contributed by atoms with Crippen molar-refractivity contribution in [3.63, 3.8) is 0 Å². The molecular formula is C14H30GaN. The van der Waals surface area contributed by atoms with Crippen molar-refractivity contribution in [2.24, 2.45) is 0 Å². The number of unbranched alkanes of at least 4 members (excludes halogenated alkanes) is 2. The Morgan fingerprint density at radius 3 is 1.94 bits per heavy atom. The van der Waals surface area contributed by atoms with E-state index < -0.39 is 16.2 Å². The van der Waals surface area contributed by atoms with Gasteiger partial charge in [0.1, 0.15) is 0 Å². The molecule has 0 aromatic carbocycles. The summed E-state index contributed by atoms with van der Waals surface area (Å²) in [6.07, 6.45) is 8.67. The molecule has 0 aromatic heterocycles. The summed E-state index contributed by atoms with van der Waals surface area (Å²) in [5.74, 6) is 0. The molecule has 1 heterocycles. The topological polar surface area (TPSA) is 3.24 Å². The zero-order chi connectivity index (χ0) is 11.6. The van der Waals surface area contributed by atoms with Gasteiger partial charge in [-0.05, 0) is 0 Å². The van der Waals surface area contributed by atoms with Gasteiger partial charge in [0, 0.05) is 0 Å². The van der Waals surface area contributed by atoms with Gasteiger partial charge in [0.05, 0.1) is 0 Å². The summed E-state index contributed by atoms with van der Waals surface area (Å²) in [7, 11) is 0. The van der Waals surface area contributed by atoms with Crippen LogP contribution < -0.4 is 0 Å². The molecule has 94 valence electrons. The number of rotatable bonds is 9. The van der Waals surface area contributed by atoms with Gasteiger partial charge in [-0.15, -0.1) is 0 Å². The van der Waals surface area contributed by atoms with Crippen molar-refractivity contribution in [2.45, 2.75) is 67.3 Å². The van der Waals surface area contributed by atoms with Gasteiger partial charge in [-0.25, -0.2) is 0 Å². The van der Waals surface area contributed by atoms with Gasteiger partial charge in [0.15, 0.2) is 0 Å². The third-order valence-corrected chi connectivity index (χ3v) is 11.4. The minimum atomic E-state index is -0.704. The van der Waals surface area contributed by atoms with Gasteiger partial charge < -0.3 is 0 Å². The van der Waals surface area contributed by atoms with E-state index in [1.54, 1.807) is 27.8 Å². The molecule has 0 aromatic rings. The van der Waals surface area contributed by atoms with E-state index in [1.807, 2.05) is 0 Å². The summed E-state index contributed by atoms with van der Waals surface area (Å²) < 4.78 is 0. The standard InChI is InChI=1S/C10H22N.C4H8.Ga/c1-4-7-9-11(6-3)10-8-5-2;1-3-4-2;/h3-10H2,1-2H3;1-4H2;. The normalized spacial score (nSPS) is 16.3. The Balaban J connectivity index is 2.13. The molecule has 0 spiro atoms. The summed E-state index contributed by atoms with van der Waals surface area (Å²) >= 11 is -0.704. The molecule has 0 aliphatic carbocycles. The Hall–Kier alpha value is 0.596. The molecule has 1 nitrogen and oxygen atoms in total. The average Bonchev–Trinajstić information content (AvgIpc) is 2.81. The number of nitrogens with zero attached hydrogens (tertiary/aromatic N) is 1. The minimum absolute atomic E-state index is 0.704. The van der Waals surface area contributed by atoms with Gasteiger partial charge in [0.25, 0.3) is 0 Å². The predicted octanol–water partition coefficient (Wildman–Crippen LogP) is 4.18. The first-order valence-corrected chi connectivity index (χ1v) is 12.7. The number of hydrogen-bond acceptors (Lipinski definition) is 1. The molecule has 1 rings (SSSR count). The van der Waals surface area contributed by atoms with Crippen LogP contribution in [0.2, 0.25) is 14.9 Å². The summed E-state index contributed by atoms with van der Waals surface area (Å²) in [5.41, 5.74) is 0. The molecule has 0 saturated carbocycles. The second kappa shape index (κ2) is 9.61.